The number of amides is 1. The minimum atomic E-state index is -2.06. The van der Waals surface area contributed by atoms with Crippen LogP contribution in [0.1, 0.15) is 65.1 Å². The smallest absolute Gasteiger partial charge is 0.335 e. The number of benzene rings is 3. The number of halogens is 2. The van der Waals surface area contributed by atoms with Crippen LogP contribution < -0.4 is 4.90 Å². The molecule has 1 unspecified atom stereocenters. The van der Waals surface area contributed by atoms with Gasteiger partial charge >= 0.3 is 5.97 Å². The molecule has 0 radical (unpaired) electrons. The Hall–Kier alpha value is -3.78. The maximum Gasteiger partial charge on any atom is 0.335 e. The molecule has 1 aliphatic carbocycles. The van der Waals surface area contributed by atoms with Crippen LogP contribution in [0.25, 0.3) is 0 Å². The molecular weight excluding hydrogens is 536 g/mol. The maximum absolute atomic E-state index is 13.9. The highest BCUT2D eigenvalue weighted by Gasteiger charge is 2.27. The lowest BCUT2D eigenvalue weighted by molar-refractivity contribution is -0.118. The summed E-state index contributed by atoms with van der Waals surface area (Å²) in [4.78, 5) is 26.2. The molecule has 7 nitrogen and oxygen atoms in total. The Kier molecular flexibility index (Phi) is 9.53. The van der Waals surface area contributed by atoms with Crippen LogP contribution in [-0.4, -0.2) is 39.4 Å². The van der Waals surface area contributed by atoms with E-state index in [0.717, 1.165) is 30.5 Å². The Balaban J connectivity index is 1.55. The standard InChI is InChI=1S/C30H29F2N3O4S/c1-34(40(39)26-15-24(17-33)29(32)27(31)16-26)19-28(36)35(25-13-11-23(12-14-25)30(37)38)18-20-7-9-22(10-8-20)21-5-3-2-4-6-21/h7-16,21H,2-6,18-19H2,1H3,(H,37,38). The molecule has 1 fully saturated rings. The molecule has 4 rings (SSSR count). The second kappa shape index (κ2) is 13.0. The van der Waals surface area contributed by atoms with Gasteiger partial charge in [0.2, 0.25) is 5.91 Å². The van der Waals surface area contributed by atoms with Gasteiger partial charge in [0.25, 0.3) is 0 Å². The lowest BCUT2D eigenvalue weighted by Gasteiger charge is -2.27. The van der Waals surface area contributed by atoms with Crippen molar-refractivity contribution in [3.05, 3.63) is 94.6 Å². The van der Waals surface area contributed by atoms with E-state index in [9.17, 15) is 28.0 Å². The van der Waals surface area contributed by atoms with E-state index in [0.29, 0.717) is 11.6 Å². The van der Waals surface area contributed by atoms with Crippen molar-refractivity contribution >= 4 is 28.9 Å². The summed E-state index contributed by atoms with van der Waals surface area (Å²) < 4.78 is 41.9. The Morgan fingerprint density at radius 3 is 2.30 bits per heavy atom. The summed E-state index contributed by atoms with van der Waals surface area (Å²) in [5.74, 6) is -3.64. The number of carboxylic acid groups (broad SMARTS) is 1. The van der Waals surface area contributed by atoms with Gasteiger partial charge in [0.1, 0.15) is 12.6 Å². The molecule has 1 saturated carbocycles. The van der Waals surface area contributed by atoms with Crippen molar-refractivity contribution in [2.24, 2.45) is 0 Å². The third kappa shape index (κ3) is 6.86. The lowest BCUT2D eigenvalue weighted by Crippen LogP contribution is -2.41. The SMILES string of the molecule is CN(CC(=O)N(Cc1ccc(C2CCCCC2)cc1)c1ccc(C(=O)O)cc1)[S+]([O-])c1cc(F)c(F)c(C#N)c1. The number of carboxylic acids is 1. The second-order valence-corrected chi connectivity index (χ2v) is 11.4. The topological polar surface area (TPSA) is 108 Å². The normalized spacial score (nSPS) is 14.5. The number of nitrogens with zero attached hydrogens (tertiary/aromatic N) is 3. The second-order valence-electron chi connectivity index (χ2n) is 9.82. The molecule has 0 saturated heterocycles. The van der Waals surface area contributed by atoms with E-state index in [-0.39, 0.29) is 23.5 Å². The molecule has 1 N–H and O–H groups in total. The summed E-state index contributed by atoms with van der Waals surface area (Å²) in [6.07, 6.45) is 6.03. The molecule has 0 aliphatic heterocycles. The summed E-state index contributed by atoms with van der Waals surface area (Å²) in [5, 5.41) is 18.3. The highest BCUT2D eigenvalue weighted by molar-refractivity contribution is 7.89. The molecule has 0 spiro atoms. The minimum Gasteiger partial charge on any atom is -0.593 e. The zero-order chi connectivity index (χ0) is 28.8. The third-order valence-electron chi connectivity index (χ3n) is 7.09. The van der Waals surface area contributed by atoms with Gasteiger partial charge in [-0.15, -0.1) is 4.31 Å². The number of nitriles is 1. The van der Waals surface area contributed by atoms with Crippen molar-refractivity contribution in [3.8, 4) is 6.07 Å². The summed E-state index contributed by atoms with van der Waals surface area (Å²) in [6.45, 7) is -0.172. The van der Waals surface area contributed by atoms with Crippen molar-refractivity contribution < 1.29 is 28.0 Å². The van der Waals surface area contributed by atoms with Crippen molar-refractivity contribution in [1.82, 2.24) is 4.31 Å². The van der Waals surface area contributed by atoms with Gasteiger partial charge in [-0.3, -0.25) is 4.79 Å². The summed E-state index contributed by atoms with van der Waals surface area (Å²) in [7, 11) is 1.39. The zero-order valence-corrected chi connectivity index (χ0v) is 22.8. The van der Waals surface area contributed by atoms with Crippen LogP contribution in [0.15, 0.2) is 65.6 Å². The van der Waals surface area contributed by atoms with Crippen LogP contribution in [0.4, 0.5) is 14.5 Å². The third-order valence-corrected chi connectivity index (χ3v) is 8.42. The van der Waals surface area contributed by atoms with Gasteiger partial charge in [-0.2, -0.15) is 5.26 Å². The summed E-state index contributed by atoms with van der Waals surface area (Å²) in [5.41, 5.74) is 2.06. The molecule has 0 heterocycles. The predicted octanol–water partition coefficient (Wildman–Crippen LogP) is 5.77. The van der Waals surface area contributed by atoms with Crippen LogP contribution in [0.2, 0.25) is 0 Å². The van der Waals surface area contributed by atoms with E-state index in [4.69, 9.17) is 5.26 Å². The molecule has 0 aromatic heterocycles. The Morgan fingerprint density at radius 1 is 1.05 bits per heavy atom. The molecule has 1 aliphatic rings. The van der Waals surface area contributed by atoms with Crippen LogP contribution >= 0.6 is 0 Å². The number of aromatic carboxylic acids is 1. The molecule has 3 aromatic rings. The molecule has 3 aromatic carbocycles. The summed E-state index contributed by atoms with van der Waals surface area (Å²) >= 11 is -2.06. The average Bonchev–Trinajstić information content (AvgIpc) is 2.97. The highest BCUT2D eigenvalue weighted by atomic mass is 32.2. The number of hydrogen-bond donors (Lipinski definition) is 1. The quantitative estimate of drug-likeness (QED) is 0.330. The Labute approximate surface area is 235 Å². The first-order valence-electron chi connectivity index (χ1n) is 12.9. The van der Waals surface area contributed by atoms with E-state index in [1.807, 2.05) is 12.1 Å². The first-order chi connectivity index (χ1) is 19.2. The Bertz CT molecular complexity index is 1400. The fourth-order valence-electron chi connectivity index (χ4n) is 4.88. The first kappa shape index (κ1) is 29.2. The average molecular weight is 566 g/mol. The van der Waals surface area contributed by atoms with Gasteiger partial charge in [0, 0.05) is 24.9 Å². The highest BCUT2D eigenvalue weighted by Crippen LogP contribution is 2.33. The largest absolute Gasteiger partial charge is 0.593 e. The van der Waals surface area contributed by atoms with Crippen LogP contribution in [0.5, 0.6) is 0 Å². The minimum absolute atomic E-state index is 0.0674. The fourth-order valence-corrected chi connectivity index (χ4v) is 5.89. The van der Waals surface area contributed by atoms with E-state index in [1.54, 1.807) is 0 Å². The molecule has 1 amide bonds. The lowest BCUT2D eigenvalue weighted by atomic mass is 9.84. The predicted molar refractivity (Wildman–Crippen MR) is 147 cm³/mol. The molecule has 208 valence electrons. The molecule has 0 bridgehead atoms. The van der Waals surface area contributed by atoms with E-state index < -0.39 is 40.4 Å². The number of carbonyl (C=O) groups excluding carboxylic acids is 1. The molecule has 40 heavy (non-hydrogen) atoms. The molecule has 10 heteroatoms. The van der Waals surface area contributed by atoms with E-state index in [2.05, 4.69) is 12.1 Å². The zero-order valence-electron chi connectivity index (χ0n) is 22.0. The number of likely N-dealkylation sites (N-methyl/N-ethyl adjacent to an activating group) is 1. The number of rotatable bonds is 9. The maximum atomic E-state index is 13.9. The van der Waals surface area contributed by atoms with Crippen molar-refractivity contribution in [3.63, 3.8) is 0 Å². The van der Waals surface area contributed by atoms with Crippen molar-refractivity contribution in [1.29, 1.82) is 5.26 Å². The molecular formula is C30H29F2N3O4S. The van der Waals surface area contributed by atoms with Gasteiger partial charge in [-0.25, -0.2) is 13.6 Å². The van der Waals surface area contributed by atoms with Crippen LogP contribution in [0, 0.1) is 23.0 Å². The number of hydrogen-bond acceptors (Lipinski definition) is 5. The molecule has 1 atom stereocenters. The van der Waals surface area contributed by atoms with Crippen LogP contribution in [0.3, 0.4) is 0 Å². The first-order valence-corrected chi connectivity index (χ1v) is 14.0. The number of anilines is 1. The van der Waals surface area contributed by atoms with Gasteiger partial charge in [-0.1, -0.05) is 43.5 Å². The monoisotopic (exact) mass is 565 g/mol. The van der Waals surface area contributed by atoms with Crippen molar-refractivity contribution in [2.75, 3.05) is 18.5 Å². The Morgan fingerprint density at radius 2 is 1.70 bits per heavy atom. The summed E-state index contributed by atoms with van der Waals surface area (Å²) in [6, 6.07) is 17.2. The van der Waals surface area contributed by atoms with Gasteiger partial charge in [-0.05, 0) is 54.2 Å². The van der Waals surface area contributed by atoms with Crippen LogP contribution in [-0.2, 0) is 22.7 Å². The van der Waals surface area contributed by atoms with Gasteiger partial charge in [0.05, 0.1) is 29.0 Å². The van der Waals surface area contributed by atoms with E-state index in [1.165, 1.54) is 71.4 Å². The van der Waals surface area contributed by atoms with Gasteiger partial charge in [0.15, 0.2) is 16.5 Å². The number of carbonyl (C=O) groups is 2. The fraction of sp³-hybridized carbons (Fsp3) is 0.300. The van der Waals surface area contributed by atoms with E-state index >= 15 is 0 Å². The van der Waals surface area contributed by atoms with Gasteiger partial charge < -0.3 is 14.6 Å². The van der Waals surface area contributed by atoms with Crippen molar-refractivity contribution in [2.45, 2.75) is 49.5 Å².